The normalized spacial score (nSPS) is 26.0. The fraction of sp³-hybridized carbons (Fsp3) is 0.438. The van der Waals surface area contributed by atoms with E-state index in [1.54, 1.807) is 24.5 Å². The minimum absolute atomic E-state index is 0.123. The van der Waals surface area contributed by atoms with Crippen LogP contribution in [0.15, 0.2) is 24.5 Å². The van der Waals surface area contributed by atoms with Crippen molar-refractivity contribution in [3.63, 3.8) is 0 Å². The van der Waals surface area contributed by atoms with Crippen molar-refractivity contribution in [1.29, 1.82) is 0 Å². The third-order valence-electron chi connectivity index (χ3n) is 4.30. The van der Waals surface area contributed by atoms with Crippen molar-refractivity contribution in [2.75, 3.05) is 0 Å². The third kappa shape index (κ3) is 2.42. The van der Waals surface area contributed by atoms with Gasteiger partial charge in [-0.25, -0.2) is 14.2 Å². The fourth-order valence-corrected chi connectivity index (χ4v) is 3.07. The number of rotatable bonds is 2. The van der Waals surface area contributed by atoms with E-state index < -0.39 is 11.6 Å². The van der Waals surface area contributed by atoms with Crippen molar-refractivity contribution in [3.8, 4) is 0 Å². The molecule has 1 saturated carbocycles. The molecule has 108 valence electrons. The average Bonchev–Trinajstić information content (AvgIpc) is 2.85. The molecule has 0 radical (unpaired) electrons. The van der Waals surface area contributed by atoms with E-state index in [1.807, 2.05) is 11.5 Å². The summed E-state index contributed by atoms with van der Waals surface area (Å²) < 4.78 is 16.2. The average molecular weight is 285 g/mol. The highest BCUT2D eigenvalue weighted by Crippen LogP contribution is 2.39. The lowest BCUT2D eigenvalue weighted by Crippen LogP contribution is -2.39. The largest absolute Gasteiger partial charge is 0.331 e. The van der Waals surface area contributed by atoms with Crippen LogP contribution in [0.1, 0.15) is 26.2 Å². The molecule has 0 saturated heterocycles. The molecule has 0 unspecified atom stereocenters. The van der Waals surface area contributed by atoms with Crippen molar-refractivity contribution in [1.82, 2.24) is 9.55 Å². The van der Waals surface area contributed by atoms with Crippen LogP contribution in [0, 0.1) is 12.0 Å². The Balaban J connectivity index is 1.97. The monoisotopic (exact) mass is 285 g/mol. The zero-order valence-electron chi connectivity index (χ0n) is 11.8. The summed E-state index contributed by atoms with van der Waals surface area (Å²) in [6.07, 6.45) is 1.57. The molecule has 21 heavy (non-hydrogen) atoms. The maximum absolute atomic E-state index is 14.3. The molecule has 5 heteroatoms. The molecule has 3 rings (SSSR count). The van der Waals surface area contributed by atoms with Gasteiger partial charge in [0, 0.05) is 24.8 Å². The van der Waals surface area contributed by atoms with E-state index in [4.69, 9.17) is 6.57 Å². The number of carbonyl (C=O) groups excluding carboxylic acids is 1. The predicted octanol–water partition coefficient (Wildman–Crippen LogP) is 3.68. The number of fused-ring (bicyclic) bond motifs is 1. The van der Waals surface area contributed by atoms with Crippen LogP contribution < -0.4 is 0 Å². The number of ketones is 1. The Morgan fingerprint density at radius 2 is 2.38 bits per heavy atom. The van der Waals surface area contributed by atoms with Gasteiger partial charge in [-0.15, -0.1) is 0 Å². The number of aromatic nitrogens is 2. The molecule has 1 aromatic carbocycles. The minimum atomic E-state index is -0.989. The summed E-state index contributed by atoms with van der Waals surface area (Å²) in [5.41, 5.74) is 1.43. The summed E-state index contributed by atoms with van der Waals surface area (Å²) >= 11 is 0. The molecular weight excluding hydrogens is 269 g/mol. The zero-order chi connectivity index (χ0) is 15.0. The van der Waals surface area contributed by atoms with Crippen LogP contribution in [0.5, 0.6) is 0 Å². The number of hydrogen-bond acceptors (Lipinski definition) is 2. The number of alkyl halides is 1. The Labute approximate surface area is 122 Å². The van der Waals surface area contributed by atoms with E-state index >= 15 is 0 Å². The van der Waals surface area contributed by atoms with Crippen LogP contribution in [0.2, 0.25) is 0 Å². The van der Waals surface area contributed by atoms with Crippen LogP contribution in [-0.4, -0.2) is 21.5 Å². The zero-order valence-corrected chi connectivity index (χ0v) is 11.8. The predicted molar refractivity (Wildman–Crippen MR) is 77.9 cm³/mol. The molecule has 4 nitrogen and oxygen atoms in total. The van der Waals surface area contributed by atoms with Gasteiger partial charge >= 0.3 is 0 Å². The van der Waals surface area contributed by atoms with E-state index in [-0.39, 0.29) is 12.2 Å². The van der Waals surface area contributed by atoms with Crippen LogP contribution in [0.25, 0.3) is 15.9 Å². The molecular formula is C16H16FN3O. The molecule has 1 aromatic heterocycles. The summed E-state index contributed by atoms with van der Waals surface area (Å²) in [6, 6.07) is 5.27. The summed E-state index contributed by atoms with van der Waals surface area (Å²) in [6.45, 7) is 9.30. The molecule has 1 aliphatic carbocycles. The number of carbonyl (C=O) groups is 1. The van der Waals surface area contributed by atoms with Gasteiger partial charge in [0.1, 0.15) is 12.0 Å². The molecule has 0 aliphatic heterocycles. The minimum Gasteiger partial charge on any atom is -0.331 e. The molecule has 2 atom stereocenters. The molecule has 0 amide bonds. The molecule has 0 spiro atoms. The number of Topliss-reactive ketones (excluding diaryl/α,β-unsaturated/α-hetero) is 1. The Hall–Kier alpha value is -2.22. The SMILES string of the molecule is [C-]#[N+]c1ccc2ncn(C[C@]3(C)CC(=O)CC[C@@H]3F)c2c1. The second-order valence-electron chi connectivity index (χ2n) is 6.03. The standard InChI is InChI=1S/C16H16FN3O/c1-16(8-12(21)4-6-15(16)17)9-20-10-19-13-5-3-11(18-2)7-14(13)20/h3,5,7,10,15H,4,6,8-9H2,1H3/t15-,16-/m0/s1. The van der Waals surface area contributed by atoms with Gasteiger partial charge in [-0.05, 0) is 18.6 Å². The first-order chi connectivity index (χ1) is 10.0. The summed E-state index contributed by atoms with van der Waals surface area (Å²) in [5.74, 6) is 0.123. The van der Waals surface area contributed by atoms with Gasteiger partial charge in [0.05, 0.1) is 23.9 Å². The maximum atomic E-state index is 14.3. The van der Waals surface area contributed by atoms with E-state index in [1.165, 1.54) is 0 Å². The van der Waals surface area contributed by atoms with Gasteiger partial charge in [0.25, 0.3) is 0 Å². The molecule has 0 N–H and O–H groups in total. The highest BCUT2D eigenvalue weighted by Gasteiger charge is 2.40. The first-order valence-electron chi connectivity index (χ1n) is 7.00. The van der Waals surface area contributed by atoms with Crippen molar-refractivity contribution >= 4 is 22.5 Å². The first kappa shape index (κ1) is 13.7. The summed E-state index contributed by atoms with van der Waals surface area (Å²) in [7, 11) is 0. The van der Waals surface area contributed by atoms with Crippen molar-refractivity contribution < 1.29 is 9.18 Å². The number of nitrogens with zero attached hydrogens (tertiary/aromatic N) is 3. The fourth-order valence-electron chi connectivity index (χ4n) is 3.07. The highest BCUT2D eigenvalue weighted by atomic mass is 19.1. The molecule has 0 bridgehead atoms. The molecule has 1 fully saturated rings. The highest BCUT2D eigenvalue weighted by molar-refractivity contribution is 5.81. The Bertz CT molecular complexity index is 746. The van der Waals surface area contributed by atoms with E-state index in [9.17, 15) is 9.18 Å². The third-order valence-corrected chi connectivity index (χ3v) is 4.30. The smallest absolute Gasteiger partial charge is 0.189 e. The van der Waals surface area contributed by atoms with E-state index in [2.05, 4.69) is 9.83 Å². The second-order valence-corrected chi connectivity index (χ2v) is 6.03. The van der Waals surface area contributed by atoms with Crippen LogP contribution >= 0.6 is 0 Å². The number of halogens is 1. The van der Waals surface area contributed by atoms with E-state index in [0.717, 1.165) is 11.0 Å². The molecule has 2 aromatic rings. The summed E-state index contributed by atoms with van der Waals surface area (Å²) in [5, 5.41) is 0. The lowest BCUT2D eigenvalue weighted by atomic mass is 9.73. The lowest BCUT2D eigenvalue weighted by molar-refractivity contribution is -0.126. The van der Waals surface area contributed by atoms with E-state index in [0.29, 0.717) is 25.1 Å². The molecule has 1 heterocycles. The van der Waals surface area contributed by atoms with Gasteiger partial charge in [0.2, 0.25) is 0 Å². The van der Waals surface area contributed by atoms with Gasteiger partial charge in [-0.1, -0.05) is 13.0 Å². The van der Waals surface area contributed by atoms with Crippen molar-refractivity contribution in [3.05, 3.63) is 35.9 Å². The van der Waals surface area contributed by atoms with Crippen LogP contribution in [0.4, 0.5) is 10.1 Å². The Morgan fingerprint density at radius 1 is 1.57 bits per heavy atom. The topological polar surface area (TPSA) is 39.2 Å². The van der Waals surface area contributed by atoms with Crippen molar-refractivity contribution in [2.24, 2.45) is 5.41 Å². The Morgan fingerprint density at radius 3 is 3.14 bits per heavy atom. The molecule has 1 aliphatic rings. The quantitative estimate of drug-likeness (QED) is 0.789. The van der Waals surface area contributed by atoms with Crippen LogP contribution in [-0.2, 0) is 11.3 Å². The second kappa shape index (κ2) is 4.96. The lowest BCUT2D eigenvalue weighted by Gasteiger charge is -2.36. The van der Waals surface area contributed by atoms with Gasteiger partial charge in [-0.2, -0.15) is 0 Å². The number of imidazole rings is 1. The van der Waals surface area contributed by atoms with Gasteiger partial charge < -0.3 is 4.57 Å². The van der Waals surface area contributed by atoms with Gasteiger partial charge in [0.15, 0.2) is 5.69 Å². The van der Waals surface area contributed by atoms with Crippen molar-refractivity contribution in [2.45, 2.75) is 38.9 Å². The van der Waals surface area contributed by atoms with Gasteiger partial charge in [-0.3, -0.25) is 4.79 Å². The van der Waals surface area contributed by atoms with Crippen LogP contribution in [0.3, 0.4) is 0 Å². The Kier molecular flexibility index (Phi) is 3.25. The maximum Gasteiger partial charge on any atom is 0.189 e. The number of benzene rings is 1. The number of hydrogen-bond donors (Lipinski definition) is 0. The summed E-state index contributed by atoms with van der Waals surface area (Å²) in [4.78, 5) is 19.4. The first-order valence-corrected chi connectivity index (χ1v) is 7.00.